The van der Waals surface area contributed by atoms with E-state index in [1.165, 1.54) is 5.56 Å². The van der Waals surface area contributed by atoms with E-state index in [1.54, 1.807) is 12.1 Å². The number of carbonyl (C=O) groups is 2. The van der Waals surface area contributed by atoms with Crippen LogP contribution in [0.3, 0.4) is 0 Å². The fourth-order valence-corrected chi connectivity index (χ4v) is 4.14. The Morgan fingerprint density at radius 2 is 2.06 bits per heavy atom. The maximum absolute atomic E-state index is 11.0. The summed E-state index contributed by atoms with van der Waals surface area (Å²) in [7, 11) is 0. The van der Waals surface area contributed by atoms with Gasteiger partial charge in [-0.2, -0.15) is 0 Å². The molecular weight excluding hydrogens is 394 g/mol. The van der Waals surface area contributed by atoms with Gasteiger partial charge in [0.15, 0.2) is 0 Å². The zero-order valence-corrected chi connectivity index (χ0v) is 17.5. The monoisotopic (exact) mass is 419 g/mol. The molecular formula is C25H25NO5. The minimum Gasteiger partial charge on any atom is -0.493 e. The molecule has 1 aromatic heterocycles. The number of carboxylic acids is 1. The number of oxazole rings is 1. The Hall–Kier alpha value is -3.41. The highest BCUT2D eigenvalue weighted by Crippen LogP contribution is 2.37. The molecule has 0 amide bonds. The predicted molar refractivity (Wildman–Crippen MR) is 116 cm³/mol. The summed E-state index contributed by atoms with van der Waals surface area (Å²) in [5, 5.41) is 9.07. The van der Waals surface area contributed by atoms with E-state index in [-0.39, 0.29) is 12.3 Å². The van der Waals surface area contributed by atoms with Gasteiger partial charge in [0, 0.05) is 24.0 Å². The molecule has 3 aromatic rings. The highest BCUT2D eigenvalue weighted by atomic mass is 16.5. The number of aryl methyl sites for hydroxylation is 2. The summed E-state index contributed by atoms with van der Waals surface area (Å²) in [6.45, 7) is 2.50. The molecule has 6 heteroatoms. The normalized spacial score (nSPS) is 14.9. The first-order valence-electron chi connectivity index (χ1n) is 10.6. The van der Waals surface area contributed by atoms with Crippen molar-refractivity contribution in [2.75, 3.05) is 6.61 Å². The van der Waals surface area contributed by atoms with E-state index < -0.39 is 5.97 Å². The third kappa shape index (κ3) is 4.68. The third-order valence-electron chi connectivity index (χ3n) is 5.74. The molecule has 0 bridgehead atoms. The van der Waals surface area contributed by atoms with Crippen LogP contribution in [0, 0.1) is 0 Å². The molecule has 0 fully saturated rings. The molecule has 1 aliphatic carbocycles. The molecule has 0 aliphatic heterocycles. The standard InChI is InChI=1S/C25H25NO5/c1-2-23-22(26-25(31-23)17-5-3-16(15-27)4-6-17)11-12-30-20-9-10-21-18(13-20)7-8-19(21)14-24(28)29/h3-6,9-10,13,15,19H,2,7-8,11-12,14H2,1H3,(H,28,29)/t19-/m0/s1. The van der Waals surface area contributed by atoms with E-state index in [9.17, 15) is 9.59 Å². The van der Waals surface area contributed by atoms with Crippen molar-refractivity contribution in [3.8, 4) is 17.2 Å². The molecule has 1 atom stereocenters. The molecule has 1 heterocycles. The van der Waals surface area contributed by atoms with E-state index in [2.05, 4.69) is 4.98 Å². The molecule has 4 rings (SSSR count). The number of benzene rings is 2. The van der Waals surface area contributed by atoms with Crippen molar-refractivity contribution in [2.24, 2.45) is 0 Å². The van der Waals surface area contributed by atoms with Crippen molar-refractivity contribution < 1.29 is 23.8 Å². The van der Waals surface area contributed by atoms with Crippen LogP contribution in [0.15, 0.2) is 46.9 Å². The summed E-state index contributed by atoms with van der Waals surface area (Å²) in [5.41, 5.74) is 4.63. The van der Waals surface area contributed by atoms with Crippen LogP contribution in [-0.2, 0) is 24.1 Å². The number of hydrogen-bond acceptors (Lipinski definition) is 5. The van der Waals surface area contributed by atoms with Crippen molar-refractivity contribution in [1.29, 1.82) is 0 Å². The van der Waals surface area contributed by atoms with E-state index in [1.807, 2.05) is 37.3 Å². The van der Waals surface area contributed by atoms with Gasteiger partial charge >= 0.3 is 5.97 Å². The second-order valence-electron chi connectivity index (χ2n) is 7.77. The summed E-state index contributed by atoms with van der Waals surface area (Å²) in [5.74, 6) is 1.52. The molecule has 160 valence electrons. The molecule has 1 N–H and O–H groups in total. The van der Waals surface area contributed by atoms with Crippen LogP contribution in [0.4, 0.5) is 0 Å². The van der Waals surface area contributed by atoms with Gasteiger partial charge in [-0.25, -0.2) is 4.98 Å². The van der Waals surface area contributed by atoms with Gasteiger partial charge in [0.1, 0.15) is 17.8 Å². The van der Waals surface area contributed by atoms with Crippen molar-refractivity contribution in [1.82, 2.24) is 4.98 Å². The van der Waals surface area contributed by atoms with Crippen LogP contribution in [0.25, 0.3) is 11.5 Å². The lowest BCUT2D eigenvalue weighted by atomic mass is 9.98. The van der Waals surface area contributed by atoms with Gasteiger partial charge in [0.05, 0.1) is 18.7 Å². The third-order valence-corrected chi connectivity index (χ3v) is 5.74. The van der Waals surface area contributed by atoms with Crippen molar-refractivity contribution in [2.45, 2.75) is 44.9 Å². The molecule has 0 radical (unpaired) electrons. The van der Waals surface area contributed by atoms with E-state index in [4.69, 9.17) is 14.3 Å². The maximum Gasteiger partial charge on any atom is 0.303 e. The maximum atomic E-state index is 11.0. The fraction of sp³-hybridized carbons (Fsp3) is 0.320. The van der Waals surface area contributed by atoms with Gasteiger partial charge in [-0.15, -0.1) is 0 Å². The first kappa shape index (κ1) is 20.8. The number of aliphatic carboxylic acids is 1. The van der Waals surface area contributed by atoms with E-state index in [0.29, 0.717) is 24.5 Å². The Morgan fingerprint density at radius 3 is 2.77 bits per heavy atom. The average molecular weight is 419 g/mol. The number of carboxylic acid groups (broad SMARTS) is 1. The van der Waals surface area contributed by atoms with E-state index in [0.717, 1.165) is 53.9 Å². The SMILES string of the molecule is CCc1oc(-c2ccc(C=O)cc2)nc1CCOc1ccc2c(c1)CC[C@H]2CC(=O)O. The van der Waals surface area contributed by atoms with Crippen molar-refractivity contribution in [3.63, 3.8) is 0 Å². The van der Waals surface area contributed by atoms with Crippen LogP contribution in [0.5, 0.6) is 5.75 Å². The largest absolute Gasteiger partial charge is 0.493 e. The summed E-state index contributed by atoms with van der Waals surface area (Å²) >= 11 is 0. The van der Waals surface area contributed by atoms with Crippen LogP contribution < -0.4 is 4.74 Å². The molecule has 1 aliphatic rings. The fourth-order valence-electron chi connectivity index (χ4n) is 4.14. The number of rotatable bonds is 9. The minimum atomic E-state index is -0.753. The van der Waals surface area contributed by atoms with Gasteiger partial charge < -0.3 is 14.3 Å². The number of carbonyl (C=O) groups excluding carboxylic acids is 1. The van der Waals surface area contributed by atoms with Crippen LogP contribution >= 0.6 is 0 Å². The molecule has 6 nitrogen and oxygen atoms in total. The van der Waals surface area contributed by atoms with Crippen LogP contribution in [0.2, 0.25) is 0 Å². The predicted octanol–water partition coefficient (Wildman–Crippen LogP) is 4.84. The first-order valence-corrected chi connectivity index (χ1v) is 10.6. The Balaban J connectivity index is 1.40. The number of hydrogen-bond donors (Lipinski definition) is 1. The van der Waals surface area contributed by atoms with Gasteiger partial charge in [-0.05, 0) is 54.2 Å². The lowest BCUT2D eigenvalue weighted by Gasteiger charge is -2.10. The molecule has 0 saturated heterocycles. The molecule has 0 saturated carbocycles. The van der Waals surface area contributed by atoms with Crippen LogP contribution in [-0.4, -0.2) is 29.0 Å². The Kier molecular flexibility index (Phi) is 6.16. The first-order chi connectivity index (χ1) is 15.1. The van der Waals surface area contributed by atoms with Gasteiger partial charge in [0.2, 0.25) is 5.89 Å². The smallest absolute Gasteiger partial charge is 0.303 e. The average Bonchev–Trinajstić information content (AvgIpc) is 3.37. The lowest BCUT2D eigenvalue weighted by molar-refractivity contribution is -0.137. The zero-order valence-electron chi connectivity index (χ0n) is 17.5. The van der Waals surface area contributed by atoms with Crippen molar-refractivity contribution >= 4 is 12.3 Å². The summed E-state index contributed by atoms with van der Waals surface area (Å²) in [4.78, 5) is 26.5. The quantitative estimate of drug-likeness (QED) is 0.499. The summed E-state index contributed by atoms with van der Waals surface area (Å²) in [6.07, 6.45) is 4.11. The van der Waals surface area contributed by atoms with Gasteiger partial charge in [-0.3, -0.25) is 9.59 Å². The highest BCUT2D eigenvalue weighted by molar-refractivity contribution is 5.76. The Morgan fingerprint density at radius 1 is 1.26 bits per heavy atom. The molecule has 31 heavy (non-hydrogen) atoms. The van der Waals surface area contributed by atoms with Crippen LogP contribution in [0.1, 0.15) is 58.6 Å². The second-order valence-corrected chi connectivity index (χ2v) is 7.77. The van der Waals surface area contributed by atoms with Crippen molar-refractivity contribution in [3.05, 3.63) is 70.6 Å². The van der Waals surface area contributed by atoms with Gasteiger partial charge in [-0.1, -0.05) is 25.1 Å². The number of nitrogens with zero attached hydrogens (tertiary/aromatic N) is 1. The molecule has 0 spiro atoms. The number of aromatic nitrogens is 1. The highest BCUT2D eigenvalue weighted by Gasteiger charge is 2.25. The molecule has 2 aromatic carbocycles. The Bertz CT molecular complexity index is 1080. The molecule has 0 unspecified atom stereocenters. The second kappa shape index (κ2) is 9.16. The van der Waals surface area contributed by atoms with Gasteiger partial charge in [0.25, 0.3) is 0 Å². The zero-order chi connectivity index (χ0) is 21.8. The Labute approximate surface area is 180 Å². The number of aldehydes is 1. The number of ether oxygens (including phenoxy) is 1. The number of fused-ring (bicyclic) bond motifs is 1. The minimum absolute atomic E-state index is 0.0998. The summed E-state index contributed by atoms with van der Waals surface area (Å²) in [6, 6.07) is 13.1. The van der Waals surface area contributed by atoms with E-state index >= 15 is 0 Å². The summed E-state index contributed by atoms with van der Waals surface area (Å²) < 4.78 is 11.9. The topological polar surface area (TPSA) is 89.6 Å². The lowest BCUT2D eigenvalue weighted by Crippen LogP contribution is -2.05.